The Morgan fingerprint density at radius 2 is 2.00 bits per heavy atom. The van der Waals surface area contributed by atoms with Crippen LogP contribution in [-0.2, 0) is 30.1 Å². The van der Waals surface area contributed by atoms with E-state index < -0.39 is 27.9 Å². The van der Waals surface area contributed by atoms with Gasteiger partial charge >= 0.3 is 11.6 Å². The van der Waals surface area contributed by atoms with Crippen molar-refractivity contribution in [2.24, 2.45) is 14.1 Å². The fourth-order valence-corrected chi connectivity index (χ4v) is 2.96. The first-order valence-electron chi connectivity index (χ1n) is 7.75. The van der Waals surface area contributed by atoms with Gasteiger partial charge in [-0.1, -0.05) is 0 Å². The van der Waals surface area contributed by atoms with E-state index in [4.69, 9.17) is 9.47 Å². The number of nitro groups is 1. The number of rotatable bonds is 4. The molecule has 0 radical (unpaired) electrons. The third kappa shape index (κ3) is 2.85. The van der Waals surface area contributed by atoms with Gasteiger partial charge in [-0.2, -0.15) is 0 Å². The molecule has 1 aliphatic heterocycles. The van der Waals surface area contributed by atoms with Crippen LogP contribution in [0.2, 0.25) is 0 Å². The number of ether oxygens (including phenoxy) is 2. The first-order chi connectivity index (χ1) is 11.6. The minimum absolute atomic E-state index is 0.0104. The molecule has 2 aromatic rings. The maximum absolute atomic E-state index is 12.5. The van der Waals surface area contributed by atoms with Gasteiger partial charge in [0.15, 0.2) is 5.79 Å². The van der Waals surface area contributed by atoms with Crippen LogP contribution in [0.5, 0.6) is 0 Å². The molecule has 1 fully saturated rings. The Morgan fingerprint density at radius 3 is 2.56 bits per heavy atom. The van der Waals surface area contributed by atoms with Crippen molar-refractivity contribution in [3.63, 3.8) is 0 Å². The molecule has 1 unspecified atom stereocenters. The molecule has 0 aliphatic carbocycles. The number of fused-ring (bicyclic) bond motifs is 1. The second kappa shape index (κ2) is 5.77. The molecule has 3 rings (SSSR count). The van der Waals surface area contributed by atoms with E-state index in [1.807, 2.05) is 0 Å². The number of aromatic nitrogens is 4. The first kappa shape index (κ1) is 17.3. The standard InChI is InChI=1S/C14H19N5O6/c1-14(2)24-7-8(25-14)5-6-18-9-10(15-12(18)19(22)23)16(3)13(21)17(4)11(9)20/h8H,5-7H2,1-4H3. The van der Waals surface area contributed by atoms with Crippen LogP contribution in [0.25, 0.3) is 11.2 Å². The average Bonchev–Trinajstić information content (AvgIpc) is 3.09. The summed E-state index contributed by atoms with van der Waals surface area (Å²) in [6, 6.07) is 0. The second-order valence-corrected chi connectivity index (χ2v) is 6.44. The molecule has 1 atom stereocenters. The quantitative estimate of drug-likeness (QED) is 0.554. The summed E-state index contributed by atoms with van der Waals surface area (Å²) in [5, 5.41) is 11.4. The molecule has 0 N–H and O–H groups in total. The molecule has 2 aromatic heterocycles. The molecule has 136 valence electrons. The highest BCUT2D eigenvalue weighted by Crippen LogP contribution is 2.26. The molecule has 25 heavy (non-hydrogen) atoms. The van der Waals surface area contributed by atoms with Crippen LogP contribution in [0.3, 0.4) is 0 Å². The van der Waals surface area contributed by atoms with Crippen LogP contribution in [0.1, 0.15) is 20.3 Å². The van der Waals surface area contributed by atoms with Crippen molar-refractivity contribution in [2.75, 3.05) is 6.61 Å². The molecule has 11 heteroatoms. The topological polar surface area (TPSA) is 123 Å². The van der Waals surface area contributed by atoms with Crippen molar-refractivity contribution in [2.45, 2.75) is 38.7 Å². The molecular formula is C14H19N5O6. The van der Waals surface area contributed by atoms with E-state index in [0.29, 0.717) is 13.0 Å². The molecule has 1 saturated heterocycles. The Kier molecular flexibility index (Phi) is 4.00. The van der Waals surface area contributed by atoms with Gasteiger partial charge < -0.3 is 19.6 Å². The lowest BCUT2D eigenvalue weighted by molar-refractivity contribution is -0.396. The number of aryl methyl sites for hydroxylation is 2. The van der Waals surface area contributed by atoms with E-state index in [0.717, 1.165) is 9.13 Å². The van der Waals surface area contributed by atoms with Gasteiger partial charge in [0.25, 0.3) is 11.2 Å². The predicted octanol–water partition coefficient (Wildman–Crippen LogP) is -0.117. The fraction of sp³-hybridized carbons (Fsp3) is 0.643. The molecule has 1 aliphatic rings. The van der Waals surface area contributed by atoms with Crippen LogP contribution in [0, 0.1) is 10.1 Å². The molecule has 0 saturated carbocycles. The highest BCUT2D eigenvalue weighted by molar-refractivity contribution is 5.72. The summed E-state index contributed by atoms with van der Waals surface area (Å²) < 4.78 is 14.4. The lowest BCUT2D eigenvalue weighted by atomic mass is 10.2. The van der Waals surface area contributed by atoms with E-state index in [9.17, 15) is 19.7 Å². The maximum atomic E-state index is 12.5. The number of nitrogens with zero attached hydrogens (tertiary/aromatic N) is 5. The minimum Gasteiger partial charge on any atom is -0.390 e. The van der Waals surface area contributed by atoms with Gasteiger partial charge in [0.1, 0.15) is 0 Å². The average molecular weight is 353 g/mol. The van der Waals surface area contributed by atoms with Gasteiger partial charge in [0.2, 0.25) is 5.52 Å². The summed E-state index contributed by atoms with van der Waals surface area (Å²) >= 11 is 0. The summed E-state index contributed by atoms with van der Waals surface area (Å²) in [5.41, 5.74) is -1.20. The first-order valence-corrected chi connectivity index (χ1v) is 7.75. The summed E-state index contributed by atoms with van der Waals surface area (Å²) in [6.45, 7) is 4.08. The highest BCUT2D eigenvalue weighted by Gasteiger charge is 2.34. The summed E-state index contributed by atoms with van der Waals surface area (Å²) in [6.07, 6.45) is 0.158. The Hall–Kier alpha value is -2.53. The summed E-state index contributed by atoms with van der Waals surface area (Å²) in [4.78, 5) is 39.0. The van der Waals surface area contributed by atoms with Gasteiger partial charge in [0.05, 0.1) is 19.3 Å². The van der Waals surface area contributed by atoms with Crippen LogP contribution >= 0.6 is 0 Å². The van der Waals surface area contributed by atoms with E-state index >= 15 is 0 Å². The van der Waals surface area contributed by atoms with E-state index in [1.165, 1.54) is 18.7 Å². The van der Waals surface area contributed by atoms with Crippen molar-refractivity contribution in [1.82, 2.24) is 18.7 Å². The lowest BCUT2D eigenvalue weighted by Crippen LogP contribution is -2.37. The van der Waals surface area contributed by atoms with Crippen molar-refractivity contribution in [3.8, 4) is 0 Å². The number of imidazole rings is 1. The van der Waals surface area contributed by atoms with Crippen LogP contribution < -0.4 is 11.2 Å². The Morgan fingerprint density at radius 1 is 1.32 bits per heavy atom. The van der Waals surface area contributed by atoms with Crippen molar-refractivity contribution < 1.29 is 14.4 Å². The third-order valence-corrected chi connectivity index (χ3v) is 4.23. The largest absolute Gasteiger partial charge is 0.437 e. The minimum atomic E-state index is -0.701. The lowest BCUT2D eigenvalue weighted by Gasteiger charge is -2.16. The van der Waals surface area contributed by atoms with Crippen LogP contribution in [0.4, 0.5) is 5.95 Å². The third-order valence-electron chi connectivity index (χ3n) is 4.23. The van der Waals surface area contributed by atoms with E-state index in [2.05, 4.69) is 4.98 Å². The zero-order chi connectivity index (χ0) is 18.5. The van der Waals surface area contributed by atoms with Gasteiger partial charge in [-0.3, -0.25) is 13.9 Å². The normalized spacial score (nSPS) is 19.6. The molecular weight excluding hydrogens is 334 g/mol. The summed E-state index contributed by atoms with van der Waals surface area (Å²) in [7, 11) is 2.74. The van der Waals surface area contributed by atoms with Crippen molar-refractivity contribution in [1.29, 1.82) is 0 Å². The Bertz CT molecular complexity index is 969. The molecule has 0 aromatic carbocycles. The zero-order valence-corrected chi connectivity index (χ0v) is 14.4. The van der Waals surface area contributed by atoms with Crippen molar-refractivity contribution >= 4 is 17.1 Å². The van der Waals surface area contributed by atoms with Crippen LogP contribution in [0.15, 0.2) is 9.59 Å². The van der Waals surface area contributed by atoms with Gasteiger partial charge in [-0.15, -0.1) is 0 Å². The van der Waals surface area contributed by atoms with E-state index in [1.54, 1.807) is 13.8 Å². The predicted molar refractivity (Wildman–Crippen MR) is 86.4 cm³/mol. The van der Waals surface area contributed by atoms with Crippen LogP contribution in [-0.4, -0.2) is 42.1 Å². The van der Waals surface area contributed by atoms with Gasteiger partial charge in [0, 0.05) is 20.5 Å². The van der Waals surface area contributed by atoms with Gasteiger partial charge in [-0.25, -0.2) is 9.36 Å². The SMILES string of the molecule is Cn1c(=O)c2c(nc([N+](=O)[O-])n2CCC2COC(C)(C)O2)n(C)c1=O. The summed E-state index contributed by atoms with van der Waals surface area (Å²) in [5.74, 6) is -1.18. The molecule has 3 heterocycles. The van der Waals surface area contributed by atoms with Gasteiger partial charge in [-0.05, 0) is 23.8 Å². The fourth-order valence-electron chi connectivity index (χ4n) is 2.96. The monoisotopic (exact) mass is 353 g/mol. The molecule has 0 amide bonds. The Labute approximate surface area is 141 Å². The maximum Gasteiger partial charge on any atom is 0.437 e. The smallest absolute Gasteiger partial charge is 0.390 e. The van der Waals surface area contributed by atoms with E-state index in [-0.39, 0.29) is 23.8 Å². The molecule has 11 nitrogen and oxygen atoms in total. The molecule has 0 spiro atoms. The zero-order valence-electron chi connectivity index (χ0n) is 14.4. The molecule has 0 bridgehead atoms. The highest BCUT2D eigenvalue weighted by atomic mass is 16.7. The Balaban J connectivity index is 2.07. The second-order valence-electron chi connectivity index (χ2n) is 6.44. The number of hydrogen-bond acceptors (Lipinski definition) is 7. The number of hydrogen-bond donors (Lipinski definition) is 0. The van der Waals surface area contributed by atoms with Crippen molar-refractivity contribution in [3.05, 3.63) is 31.0 Å².